The SMILES string of the molecule is CNC(C)(C)C(=O)N(C)c1ccc2nc(C)oc2c1. The molecular weight excluding hydrogens is 242 g/mol. The van der Waals surface area contributed by atoms with Gasteiger partial charge < -0.3 is 14.6 Å². The topological polar surface area (TPSA) is 58.4 Å². The summed E-state index contributed by atoms with van der Waals surface area (Å²) in [5, 5.41) is 3.01. The van der Waals surface area contributed by atoms with Crippen molar-refractivity contribution in [3.05, 3.63) is 24.1 Å². The van der Waals surface area contributed by atoms with Crippen molar-refractivity contribution in [1.29, 1.82) is 0 Å². The van der Waals surface area contributed by atoms with E-state index in [4.69, 9.17) is 4.42 Å². The van der Waals surface area contributed by atoms with Crippen LogP contribution in [0.5, 0.6) is 0 Å². The van der Waals surface area contributed by atoms with Crippen LogP contribution in [-0.4, -0.2) is 30.5 Å². The highest BCUT2D eigenvalue weighted by molar-refractivity contribution is 6.00. The Morgan fingerprint density at radius 2 is 2.11 bits per heavy atom. The molecule has 0 saturated heterocycles. The number of hydrogen-bond donors (Lipinski definition) is 1. The summed E-state index contributed by atoms with van der Waals surface area (Å²) >= 11 is 0. The summed E-state index contributed by atoms with van der Waals surface area (Å²) < 4.78 is 5.49. The monoisotopic (exact) mass is 261 g/mol. The zero-order valence-electron chi connectivity index (χ0n) is 11.9. The van der Waals surface area contributed by atoms with Crippen LogP contribution in [0.2, 0.25) is 0 Å². The van der Waals surface area contributed by atoms with Crippen molar-refractivity contribution in [2.45, 2.75) is 26.3 Å². The molecule has 1 aromatic heterocycles. The van der Waals surface area contributed by atoms with Gasteiger partial charge in [-0.05, 0) is 33.0 Å². The van der Waals surface area contributed by atoms with E-state index in [1.165, 1.54) is 0 Å². The van der Waals surface area contributed by atoms with Crippen LogP contribution in [0.25, 0.3) is 11.1 Å². The Labute approximate surface area is 112 Å². The molecular formula is C14H19N3O2. The number of nitrogens with zero attached hydrogens (tertiary/aromatic N) is 2. The average molecular weight is 261 g/mol. The number of hydrogen-bond acceptors (Lipinski definition) is 4. The number of carbonyl (C=O) groups excluding carboxylic acids is 1. The predicted molar refractivity (Wildman–Crippen MR) is 75.3 cm³/mol. The second-order valence-electron chi connectivity index (χ2n) is 5.12. The molecule has 0 aliphatic rings. The van der Waals surface area contributed by atoms with Gasteiger partial charge in [-0.25, -0.2) is 4.98 Å². The average Bonchev–Trinajstić information content (AvgIpc) is 2.75. The van der Waals surface area contributed by atoms with Gasteiger partial charge in [0.1, 0.15) is 5.52 Å². The van der Waals surface area contributed by atoms with E-state index in [1.807, 2.05) is 32.0 Å². The fourth-order valence-corrected chi connectivity index (χ4v) is 1.88. The van der Waals surface area contributed by atoms with Crippen molar-refractivity contribution >= 4 is 22.7 Å². The normalized spacial score (nSPS) is 11.8. The minimum atomic E-state index is -0.610. The number of benzene rings is 1. The molecule has 19 heavy (non-hydrogen) atoms. The molecule has 1 amide bonds. The molecule has 0 aliphatic carbocycles. The third kappa shape index (κ3) is 2.46. The zero-order chi connectivity index (χ0) is 14.2. The van der Waals surface area contributed by atoms with E-state index in [-0.39, 0.29) is 5.91 Å². The van der Waals surface area contributed by atoms with Gasteiger partial charge in [0.15, 0.2) is 11.5 Å². The molecule has 1 N–H and O–H groups in total. The molecule has 0 saturated carbocycles. The van der Waals surface area contributed by atoms with Crippen LogP contribution in [0.3, 0.4) is 0 Å². The number of aromatic nitrogens is 1. The molecule has 2 rings (SSSR count). The molecule has 2 aromatic rings. The van der Waals surface area contributed by atoms with Crippen molar-refractivity contribution in [2.24, 2.45) is 0 Å². The molecule has 5 nitrogen and oxygen atoms in total. The minimum absolute atomic E-state index is 0.00872. The van der Waals surface area contributed by atoms with Crippen LogP contribution in [-0.2, 0) is 4.79 Å². The Bertz CT molecular complexity index is 616. The lowest BCUT2D eigenvalue weighted by atomic mass is 10.0. The Hall–Kier alpha value is -1.88. The van der Waals surface area contributed by atoms with Crippen LogP contribution in [0, 0.1) is 6.92 Å². The molecule has 0 atom stereocenters. The second kappa shape index (κ2) is 4.66. The van der Waals surface area contributed by atoms with E-state index < -0.39 is 5.54 Å². The number of rotatable bonds is 3. The van der Waals surface area contributed by atoms with Crippen LogP contribution in [0.15, 0.2) is 22.6 Å². The van der Waals surface area contributed by atoms with Crippen LogP contribution < -0.4 is 10.2 Å². The lowest BCUT2D eigenvalue weighted by Gasteiger charge is -2.28. The summed E-state index contributed by atoms with van der Waals surface area (Å²) in [6.45, 7) is 5.50. The molecule has 102 valence electrons. The summed E-state index contributed by atoms with van der Waals surface area (Å²) in [5.41, 5.74) is 1.67. The molecule has 0 spiro atoms. The Morgan fingerprint density at radius 1 is 1.42 bits per heavy atom. The molecule has 1 heterocycles. The smallest absolute Gasteiger partial charge is 0.246 e. The fourth-order valence-electron chi connectivity index (χ4n) is 1.88. The summed E-state index contributed by atoms with van der Waals surface area (Å²) in [6, 6.07) is 5.56. The summed E-state index contributed by atoms with van der Waals surface area (Å²) in [6.07, 6.45) is 0. The van der Waals surface area contributed by atoms with Crippen molar-refractivity contribution in [3.63, 3.8) is 0 Å². The first-order chi connectivity index (χ1) is 8.85. The molecule has 0 radical (unpaired) electrons. The number of aryl methyl sites for hydroxylation is 1. The van der Waals surface area contributed by atoms with E-state index in [1.54, 1.807) is 25.9 Å². The minimum Gasteiger partial charge on any atom is -0.441 e. The largest absolute Gasteiger partial charge is 0.441 e. The maximum atomic E-state index is 12.4. The van der Waals surface area contributed by atoms with Crippen molar-refractivity contribution < 1.29 is 9.21 Å². The van der Waals surface area contributed by atoms with Gasteiger partial charge in [0, 0.05) is 25.7 Å². The van der Waals surface area contributed by atoms with Gasteiger partial charge in [0.05, 0.1) is 5.54 Å². The summed E-state index contributed by atoms with van der Waals surface area (Å²) in [5.74, 6) is 0.613. The molecule has 0 fully saturated rings. The Kier molecular flexibility index (Phi) is 3.32. The van der Waals surface area contributed by atoms with Gasteiger partial charge in [0.2, 0.25) is 5.91 Å². The highest BCUT2D eigenvalue weighted by Crippen LogP contribution is 2.23. The molecule has 0 bridgehead atoms. The number of oxazole rings is 1. The maximum absolute atomic E-state index is 12.4. The second-order valence-corrected chi connectivity index (χ2v) is 5.12. The van der Waals surface area contributed by atoms with E-state index >= 15 is 0 Å². The van der Waals surface area contributed by atoms with E-state index in [2.05, 4.69) is 10.3 Å². The van der Waals surface area contributed by atoms with Crippen molar-refractivity contribution in [1.82, 2.24) is 10.3 Å². The van der Waals surface area contributed by atoms with Crippen LogP contribution in [0.1, 0.15) is 19.7 Å². The van der Waals surface area contributed by atoms with E-state index in [0.29, 0.717) is 11.5 Å². The predicted octanol–water partition coefficient (Wildman–Crippen LogP) is 2.10. The number of carbonyl (C=O) groups is 1. The number of amides is 1. The number of nitrogens with one attached hydrogen (secondary N) is 1. The molecule has 1 aromatic carbocycles. The lowest BCUT2D eigenvalue weighted by Crippen LogP contribution is -2.51. The van der Waals surface area contributed by atoms with Gasteiger partial charge in [-0.2, -0.15) is 0 Å². The van der Waals surface area contributed by atoms with Crippen molar-refractivity contribution in [2.75, 3.05) is 19.0 Å². The fraction of sp³-hybridized carbons (Fsp3) is 0.429. The molecule has 0 aliphatic heterocycles. The summed E-state index contributed by atoms with van der Waals surface area (Å²) in [4.78, 5) is 18.2. The lowest BCUT2D eigenvalue weighted by molar-refractivity contribution is -0.123. The van der Waals surface area contributed by atoms with Gasteiger partial charge in [-0.1, -0.05) is 0 Å². The first-order valence-corrected chi connectivity index (χ1v) is 6.19. The van der Waals surface area contributed by atoms with Gasteiger partial charge in [0.25, 0.3) is 0 Å². The highest BCUT2D eigenvalue weighted by Gasteiger charge is 2.29. The standard InChI is InChI=1S/C14H19N3O2/c1-9-16-11-7-6-10(8-12(11)19-9)17(5)13(18)14(2,3)15-4/h6-8,15H,1-5H3. The van der Waals surface area contributed by atoms with Gasteiger partial charge in [-0.3, -0.25) is 4.79 Å². The molecule has 5 heteroatoms. The number of fused-ring (bicyclic) bond motifs is 1. The van der Waals surface area contributed by atoms with E-state index in [0.717, 1.165) is 11.2 Å². The van der Waals surface area contributed by atoms with Gasteiger partial charge in [-0.15, -0.1) is 0 Å². The Balaban J connectivity index is 2.35. The van der Waals surface area contributed by atoms with E-state index in [9.17, 15) is 4.79 Å². The molecule has 0 unspecified atom stereocenters. The summed E-state index contributed by atoms with van der Waals surface area (Å²) in [7, 11) is 3.53. The van der Waals surface area contributed by atoms with Crippen molar-refractivity contribution in [3.8, 4) is 0 Å². The zero-order valence-corrected chi connectivity index (χ0v) is 11.9. The van der Waals surface area contributed by atoms with Gasteiger partial charge >= 0.3 is 0 Å². The first kappa shape index (κ1) is 13.5. The number of anilines is 1. The Morgan fingerprint density at radius 3 is 2.74 bits per heavy atom. The first-order valence-electron chi connectivity index (χ1n) is 6.19. The third-order valence-electron chi connectivity index (χ3n) is 3.33. The maximum Gasteiger partial charge on any atom is 0.246 e. The quantitative estimate of drug-likeness (QED) is 0.919. The third-order valence-corrected chi connectivity index (χ3v) is 3.33. The van der Waals surface area contributed by atoms with Crippen LogP contribution >= 0.6 is 0 Å². The van der Waals surface area contributed by atoms with Crippen LogP contribution in [0.4, 0.5) is 5.69 Å². The number of likely N-dealkylation sites (N-methyl/N-ethyl adjacent to an activating group) is 2. The highest BCUT2D eigenvalue weighted by atomic mass is 16.3.